The fourth-order valence-electron chi connectivity index (χ4n) is 3.40. The Bertz CT molecular complexity index is 814. The summed E-state index contributed by atoms with van der Waals surface area (Å²) in [7, 11) is 0. The smallest absolute Gasteiger partial charge is 0.251 e. The summed E-state index contributed by atoms with van der Waals surface area (Å²) in [4.78, 5) is 27.0. The number of carbonyl (C=O) groups excluding carboxylic acids is 2. The largest absolute Gasteiger partial charge is 0.371 e. The maximum absolute atomic E-state index is 12.4. The second-order valence-corrected chi connectivity index (χ2v) is 7.27. The zero-order valence-electron chi connectivity index (χ0n) is 16.3. The minimum atomic E-state index is -0.275. The van der Waals surface area contributed by atoms with Crippen molar-refractivity contribution in [2.24, 2.45) is 5.73 Å². The highest BCUT2D eigenvalue weighted by molar-refractivity contribution is 5.95. The summed E-state index contributed by atoms with van der Waals surface area (Å²) in [6.07, 6.45) is 2.63. The number of rotatable bonds is 7. The first kappa shape index (κ1) is 19.9. The van der Waals surface area contributed by atoms with Gasteiger partial charge in [0.05, 0.1) is 0 Å². The standard InChI is InChI=1S/C22H28N4O2/c1-16(24-22(28)18-9-7-17(15-23)8-10-18)13-21(27)25-19-5-4-6-20(14-19)26-11-2-3-12-26/h4-10,14,16H,2-3,11-13,15,23H2,1H3,(H,24,28)(H,25,27). The third kappa shape index (κ3) is 5.33. The summed E-state index contributed by atoms with van der Waals surface area (Å²) in [6.45, 7) is 4.39. The Labute approximate surface area is 166 Å². The summed E-state index contributed by atoms with van der Waals surface area (Å²) >= 11 is 0. The van der Waals surface area contributed by atoms with Gasteiger partial charge in [-0.2, -0.15) is 0 Å². The van der Waals surface area contributed by atoms with Crippen LogP contribution in [-0.4, -0.2) is 30.9 Å². The zero-order valence-corrected chi connectivity index (χ0v) is 16.3. The average Bonchev–Trinajstić information content (AvgIpc) is 3.23. The van der Waals surface area contributed by atoms with E-state index < -0.39 is 0 Å². The predicted octanol–water partition coefficient (Wildman–Crippen LogP) is 2.89. The van der Waals surface area contributed by atoms with Gasteiger partial charge in [0, 0.05) is 49.0 Å². The minimum Gasteiger partial charge on any atom is -0.371 e. The fourth-order valence-corrected chi connectivity index (χ4v) is 3.40. The van der Waals surface area contributed by atoms with Crippen molar-refractivity contribution in [3.05, 3.63) is 59.7 Å². The molecule has 1 atom stereocenters. The molecule has 2 aromatic carbocycles. The number of anilines is 2. The summed E-state index contributed by atoms with van der Waals surface area (Å²) < 4.78 is 0. The van der Waals surface area contributed by atoms with Crippen LogP contribution >= 0.6 is 0 Å². The number of nitrogens with zero attached hydrogens (tertiary/aromatic N) is 1. The Kier molecular flexibility index (Phi) is 6.66. The van der Waals surface area contributed by atoms with Crippen molar-refractivity contribution in [1.29, 1.82) is 0 Å². The summed E-state index contributed by atoms with van der Waals surface area (Å²) in [6, 6.07) is 14.8. The molecule has 4 N–H and O–H groups in total. The molecule has 1 aliphatic heterocycles. The molecule has 6 nitrogen and oxygen atoms in total. The molecule has 0 bridgehead atoms. The Hall–Kier alpha value is -2.86. The highest BCUT2D eigenvalue weighted by atomic mass is 16.2. The van der Waals surface area contributed by atoms with E-state index >= 15 is 0 Å². The van der Waals surface area contributed by atoms with Gasteiger partial charge < -0.3 is 21.3 Å². The third-order valence-corrected chi connectivity index (χ3v) is 4.92. The maximum Gasteiger partial charge on any atom is 0.251 e. The van der Waals surface area contributed by atoms with Crippen molar-refractivity contribution in [2.75, 3.05) is 23.3 Å². The first-order valence-corrected chi connectivity index (χ1v) is 9.80. The van der Waals surface area contributed by atoms with Gasteiger partial charge in [0.15, 0.2) is 0 Å². The molecule has 28 heavy (non-hydrogen) atoms. The van der Waals surface area contributed by atoms with Crippen molar-refractivity contribution in [3.63, 3.8) is 0 Å². The molecule has 1 fully saturated rings. The highest BCUT2D eigenvalue weighted by Gasteiger charge is 2.15. The van der Waals surface area contributed by atoms with E-state index in [1.54, 1.807) is 12.1 Å². The van der Waals surface area contributed by atoms with E-state index in [2.05, 4.69) is 21.6 Å². The van der Waals surface area contributed by atoms with Crippen LogP contribution in [-0.2, 0) is 11.3 Å². The zero-order chi connectivity index (χ0) is 19.9. The molecular formula is C22H28N4O2. The number of hydrogen-bond donors (Lipinski definition) is 3. The van der Waals surface area contributed by atoms with Crippen molar-refractivity contribution < 1.29 is 9.59 Å². The number of nitrogens with one attached hydrogen (secondary N) is 2. The van der Waals surface area contributed by atoms with Crippen molar-refractivity contribution >= 4 is 23.2 Å². The molecule has 0 saturated carbocycles. The average molecular weight is 380 g/mol. The lowest BCUT2D eigenvalue weighted by atomic mass is 10.1. The Morgan fingerprint density at radius 3 is 2.50 bits per heavy atom. The Morgan fingerprint density at radius 2 is 1.82 bits per heavy atom. The molecule has 0 aliphatic carbocycles. The lowest BCUT2D eigenvalue weighted by Crippen LogP contribution is -2.35. The molecule has 0 spiro atoms. The second-order valence-electron chi connectivity index (χ2n) is 7.27. The van der Waals surface area contributed by atoms with Crippen LogP contribution in [0.15, 0.2) is 48.5 Å². The van der Waals surface area contributed by atoms with Crippen LogP contribution in [0.5, 0.6) is 0 Å². The van der Waals surface area contributed by atoms with Crippen molar-refractivity contribution in [3.8, 4) is 0 Å². The van der Waals surface area contributed by atoms with Crippen molar-refractivity contribution in [2.45, 2.75) is 38.8 Å². The summed E-state index contributed by atoms with van der Waals surface area (Å²) in [5.74, 6) is -0.315. The molecule has 0 aromatic heterocycles. The van der Waals surface area contributed by atoms with E-state index in [4.69, 9.17) is 5.73 Å². The van der Waals surface area contributed by atoms with Gasteiger partial charge >= 0.3 is 0 Å². The van der Waals surface area contributed by atoms with Gasteiger partial charge in [0.1, 0.15) is 0 Å². The predicted molar refractivity (Wildman–Crippen MR) is 112 cm³/mol. The molecule has 2 aromatic rings. The molecular weight excluding hydrogens is 352 g/mol. The van der Waals surface area contributed by atoms with Crippen LogP contribution in [0.2, 0.25) is 0 Å². The van der Waals surface area contributed by atoms with Crippen molar-refractivity contribution in [1.82, 2.24) is 5.32 Å². The molecule has 6 heteroatoms. The first-order valence-electron chi connectivity index (χ1n) is 9.80. The quantitative estimate of drug-likeness (QED) is 0.689. The van der Waals surface area contributed by atoms with Crippen LogP contribution in [0.25, 0.3) is 0 Å². The Morgan fingerprint density at radius 1 is 1.11 bits per heavy atom. The number of nitrogens with two attached hydrogens (primary N) is 1. The van der Waals surface area contributed by atoms with Gasteiger partial charge in [-0.25, -0.2) is 0 Å². The molecule has 1 heterocycles. The second kappa shape index (κ2) is 9.37. The monoisotopic (exact) mass is 380 g/mol. The molecule has 0 radical (unpaired) electrons. The number of benzene rings is 2. The van der Waals surface area contributed by atoms with Crippen LogP contribution in [0.4, 0.5) is 11.4 Å². The number of amides is 2. The van der Waals surface area contributed by atoms with Gasteiger partial charge in [-0.3, -0.25) is 9.59 Å². The molecule has 2 amide bonds. The SMILES string of the molecule is CC(CC(=O)Nc1cccc(N2CCCC2)c1)NC(=O)c1ccc(CN)cc1. The van der Waals surface area contributed by atoms with Crippen LogP contribution in [0, 0.1) is 0 Å². The summed E-state index contributed by atoms with van der Waals surface area (Å²) in [5, 5.41) is 5.80. The van der Waals surface area contributed by atoms with Crippen LogP contribution in [0.1, 0.15) is 42.1 Å². The fraction of sp³-hybridized carbons (Fsp3) is 0.364. The van der Waals surface area contributed by atoms with E-state index in [9.17, 15) is 9.59 Å². The van der Waals surface area contributed by atoms with E-state index in [0.717, 1.165) is 30.0 Å². The minimum absolute atomic E-state index is 0.121. The lowest BCUT2D eigenvalue weighted by molar-refractivity contribution is -0.116. The van der Waals surface area contributed by atoms with Gasteiger partial charge in [0.2, 0.25) is 5.91 Å². The molecule has 1 saturated heterocycles. The molecule has 1 unspecified atom stereocenters. The molecule has 148 valence electrons. The van der Waals surface area contributed by atoms with Crippen LogP contribution in [0.3, 0.4) is 0 Å². The lowest BCUT2D eigenvalue weighted by Gasteiger charge is -2.19. The normalized spacial score (nSPS) is 14.6. The highest BCUT2D eigenvalue weighted by Crippen LogP contribution is 2.23. The first-order chi connectivity index (χ1) is 13.5. The topological polar surface area (TPSA) is 87.5 Å². The molecule has 3 rings (SSSR count). The van der Waals surface area contributed by atoms with E-state index in [1.807, 2.05) is 37.3 Å². The van der Waals surface area contributed by atoms with Gasteiger partial charge in [-0.05, 0) is 55.7 Å². The molecule has 1 aliphatic rings. The van der Waals surface area contributed by atoms with E-state index in [0.29, 0.717) is 12.1 Å². The number of carbonyl (C=O) groups is 2. The van der Waals surface area contributed by atoms with E-state index in [-0.39, 0.29) is 24.3 Å². The van der Waals surface area contributed by atoms with Gasteiger partial charge in [-0.15, -0.1) is 0 Å². The van der Waals surface area contributed by atoms with Crippen LogP contribution < -0.4 is 21.3 Å². The van der Waals surface area contributed by atoms with Gasteiger partial charge in [-0.1, -0.05) is 18.2 Å². The summed E-state index contributed by atoms with van der Waals surface area (Å²) in [5.41, 5.74) is 9.02. The van der Waals surface area contributed by atoms with Gasteiger partial charge in [0.25, 0.3) is 5.91 Å². The number of hydrogen-bond acceptors (Lipinski definition) is 4. The Balaban J connectivity index is 1.51. The maximum atomic E-state index is 12.4. The van der Waals surface area contributed by atoms with E-state index in [1.165, 1.54) is 12.8 Å². The third-order valence-electron chi connectivity index (χ3n) is 4.92.